The minimum absolute atomic E-state index is 0.0666. The lowest BCUT2D eigenvalue weighted by molar-refractivity contribution is -0.371. The third-order valence-electron chi connectivity index (χ3n) is 5.48. The van der Waals surface area contributed by atoms with Crippen LogP contribution in [-0.4, -0.2) is 133 Å². The summed E-state index contributed by atoms with van der Waals surface area (Å²) >= 11 is 0. The Bertz CT molecular complexity index is 577. The molecule has 2 fully saturated rings. The van der Waals surface area contributed by atoms with Crippen molar-refractivity contribution >= 4 is 6.29 Å². The van der Waals surface area contributed by atoms with E-state index in [0.717, 1.165) is 0 Å². The number of carbonyl (C=O) groups excluding carboxylic acids is 1. The number of hydrogen-bond donors (Lipinski definition) is 8. The number of hydrogen-bond acceptors (Lipinski definition) is 13. The van der Waals surface area contributed by atoms with E-state index in [2.05, 4.69) is 0 Å². The fourth-order valence-electron chi connectivity index (χ4n) is 3.41. The quantitative estimate of drug-likeness (QED) is 0.161. The predicted molar refractivity (Wildman–Crippen MR) is 98.2 cm³/mol. The number of carbonyl (C=O) groups is 1. The van der Waals surface area contributed by atoms with Gasteiger partial charge in [-0.05, 0) is 20.8 Å². The highest BCUT2D eigenvalue weighted by molar-refractivity contribution is 5.56. The van der Waals surface area contributed by atoms with Gasteiger partial charge in [0.1, 0.15) is 54.9 Å². The molecule has 0 aromatic carbocycles. The predicted octanol–water partition coefficient (Wildman–Crippen LogP) is -4.65. The van der Waals surface area contributed by atoms with Gasteiger partial charge >= 0.3 is 0 Å². The molecule has 0 amide bonds. The fraction of sp³-hybridized carbons (Fsp3) is 0.944. The average Bonchev–Trinajstić information content (AvgIpc) is 2.73. The zero-order valence-corrected chi connectivity index (χ0v) is 17.3. The first kappa shape index (κ1) is 26.4. The number of aliphatic hydroxyl groups excluding tert-OH is 8. The molecule has 0 radical (unpaired) electrons. The number of aliphatic hydroxyl groups is 8. The Morgan fingerprint density at radius 1 is 0.806 bits per heavy atom. The third kappa shape index (κ3) is 5.76. The summed E-state index contributed by atoms with van der Waals surface area (Å²) in [6, 6.07) is 0. The monoisotopic (exact) mass is 456 g/mol. The SMILES string of the molecule is C[C@@H](O)[C@@H](O)[C@H](O[C@@H]1O[C@H](C)[C@@H](O)[C@H](O)[C@@H]1O[C@H]1O[C@H](C)[C@@H](O)[C@H](O)[C@@H]1O)[C@H](O)C=O. The van der Waals surface area contributed by atoms with Crippen molar-refractivity contribution in [3.8, 4) is 0 Å². The molecular weight excluding hydrogens is 424 g/mol. The highest BCUT2D eigenvalue weighted by Gasteiger charge is 2.50. The number of aldehydes is 1. The third-order valence-corrected chi connectivity index (χ3v) is 5.48. The van der Waals surface area contributed by atoms with E-state index in [1.165, 1.54) is 20.8 Å². The topological polar surface area (TPSA) is 216 Å². The summed E-state index contributed by atoms with van der Waals surface area (Å²) in [5.41, 5.74) is 0. The average molecular weight is 456 g/mol. The molecule has 2 saturated heterocycles. The summed E-state index contributed by atoms with van der Waals surface area (Å²) in [5, 5.41) is 80.3. The van der Waals surface area contributed by atoms with E-state index in [1.807, 2.05) is 0 Å². The molecule has 0 aromatic rings. The van der Waals surface area contributed by atoms with E-state index in [-0.39, 0.29) is 6.29 Å². The number of rotatable bonds is 8. The highest BCUT2D eigenvalue weighted by Crippen LogP contribution is 2.30. The van der Waals surface area contributed by atoms with Crippen molar-refractivity contribution in [2.24, 2.45) is 0 Å². The van der Waals surface area contributed by atoms with Gasteiger partial charge in [0.25, 0.3) is 0 Å². The van der Waals surface area contributed by atoms with Crippen molar-refractivity contribution in [2.75, 3.05) is 0 Å². The molecule has 182 valence electrons. The van der Waals surface area contributed by atoms with Gasteiger partial charge in [0.15, 0.2) is 18.9 Å². The number of ether oxygens (including phenoxy) is 4. The minimum Gasteiger partial charge on any atom is -0.391 e. The van der Waals surface area contributed by atoms with Crippen LogP contribution in [0.4, 0.5) is 0 Å². The maximum atomic E-state index is 11.1. The van der Waals surface area contributed by atoms with Crippen molar-refractivity contribution < 1.29 is 64.6 Å². The molecule has 13 nitrogen and oxygen atoms in total. The maximum absolute atomic E-state index is 11.1. The van der Waals surface area contributed by atoms with Gasteiger partial charge < -0.3 is 64.6 Å². The van der Waals surface area contributed by atoms with E-state index in [1.54, 1.807) is 0 Å². The highest BCUT2D eigenvalue weighted by atomic mass is 16.8. The van der Waals surface area contributed by atoms with Crippen molar-refractivity contribution in [1.82, 2.24) is 0 Å². The molecule has 0 aliphatic carbocycles. The van der Waals surface area contributed by atoms with Crippen LogP contribution in [0.5, 0.6) is 0 Å². The first-order valence-electron chi connectivity index (χ1n) is 9.92. The lowest BCUT2D eigenvalue weighted by Crippen LogP contribution is -2.64. The summed E-state index contributed by atoms with van der Waals surface area (Å²) in [7, 11) is 0. The van der Waals surface area contributed by atoms with Crippen LogP contribution in [0.2, 0.25) is 0 Å². The second-order valence-electron chi connectivity index (χ2n) is 7.93. The van der Waals surface area contributed by atoms with Crippen molar-refractivity contribution in [3.05, 3.63) is 0 Å². The van der Waals surface area contributed by atoms with Crippen LogP contribution in [0, 0.1) is 0 Å². The summed E-state index contributed by atoms with van der Waals surface area (Å²) in [4.78, 5) is 11.1. The molecule has 0 aromatic heterocycles. The molecule has 2 heterocycles. The molecule has 2 rings (SSSR count). The molecule has 2 aliphatic rings. The first-order valence-corrected chi connectivity index (χ1v) is 9.92. The molecule has 0 saturated carbocycles. The van der Waals surface area contributed by atoms with E-state index in [9.17, 15) is 45.6 Å². The fourth-order valence-corrected chi connectivity index (χ4v) is 3.41. The normalized spacial score (nSPS) is 45.5. The van der Waals surface area contributed by atoms with Crippen LogP contribution in [0.15, 0.2) is 0 Å². The van der Waals surface area contributed by atoms with Crippen LogP contribution in [0.1, 0.15) is 20.8 Å². The summed E-state index contributed by atoms with van der Waals surface area (Å²) < 4.78 is 21.8. The largest absolute Gasteiger partial charge is 0.391 e. The van der Waals surface area contributed by atoms with E-state index < -0.39 is 85.8 Å². The van der Waals surface area contributed by atoms with Gasteiger partial charge in [-0.3, -0.25) is 0 Å². The van der Waals surface area contributed by atoms with Crippen LogP contribution in [-0.2, 0) is 23.7 Å². The van der Waals surface area contributed by atoms with Gasteiger partial charge in [-0.2, -0.15) is 0 Å². The molecule has 2 aliphatic heterocycles. The van der Waals surface area contributed by atoms with Gasteiger partial charge in [-0.25, -0.2) is 0 Å². The Morgan fingerprint density at radius 3 is 1.84 bits per heavy atom. The Labute approximate surface area is 178 Å². The van der Waals surface area contributed by atoms with Crippen molar-refractivity contribution in [3.63, 3.8) is 0 Å². The van der Waals surface area contributed by atoms with Crippen LogP contribution >= 0.6 is 0 Å². The van der Waals surface area contributed by atoms with Gasteiger partial charge in [0.05, 0.1) is 18.3 Å². The Morgan fingerprint density at radius 2 is 1.32 bits per heavy atom. The van der Waals surface area contributed by atoms with Crippen molar-refractivity contribution in [2.45, 2.75) is 107 Å². The molecule has 14 atom stereocenters. The second-order valence-corrected chi connectivity index (χ2v) is 7.93. The first-order chi connectivity index (χ1) is 14.4. The summed E-state index contributed by atoms with van der Waals surface area (Å²) in [5.74, 6) is 0. The Kier molecular flexibility index (Phi) is 9.27. The Hall–Kier alpha value is -0.810. The van der Waals surface area contributed by atoms with E-state index in [4.69, 9.17) is 18.9 Å². The zero-order valence-electron chi connectivity index (χ0n) is 17.3. The van der Waals surface area contributed by atoms with Gasteiger partial charge in [0, 0.05) is 0 Å². The van der Waals surface area contributed by atoms with Gasteiger partial charge in [-0.15, -0.1) is 0 Å². The molecule has 0 unspecified atom stereocenters. The summed E-state index contributed by atoms with van der Waals surface area (Å²) in [6.07, 6.45) is -21.4. The summed E-state index contributed by atoms with van der Waals surface area (Å²) in [6.45, 7) is 3.99. The van der Waals surface area contributed by atoms with E-state index >= 15 is 0 Å². The Balaban J connectivity index is 2.27. The smallest absolute Gasteiger partial charge is 0.187 e. The standard InChI is InChI=1S/C18H32O13/c1-5(20)9(22)15(8(21)4-19)30-18-16(13(26)11(24)7(3)29-18)31-17-14(27)12(25)10(23)6(2)28-17/h4-18,20-27H,1-3H3/t5-,6-,7-,8-,9-,10-,11-,12+,13+,14+,15-,16+,17-,18+/m1/s1. The lowest BCUT2D eigenvalue weighted by Gasteiger charge is -2.46. The lowest BCUT2D eigenvalue weighted by atomic mass is 9.97. The molecule has 13 heteroatoms. The van der Waals surface area contributed by atoms with Crippen LogP contribution < -0.4 is 0 Å². The molecule has 31 heavy (non-hydrogen) atoms. The molecule has 0 bridgehead atoms. The van der Waals surface area contributed by atoms with Crippen LogP contribution in [0.25, 0.3) is 0 Å². The molecular formula is C18H32O13. The zero-order chi connectivity index (χ0) is 23.6. The van der Waals surface area contributed by atoms with Crippen LogP contribution in [0.3, 0.4) is 0 Å². The molecule has 8 N–H and O–H groups in total. The maximum Gasteiger partial charge on any atom is 0.187 e. The van der Waals surface area contributed by atoms with Gasteiger partial charge in [-0.1, -0.05) is 0 Å². The van der Waals surface area contributed by atoms with E-state index in [0.29, 0.717) is 0 Å². The second kappa shape index (κ2) is 10.9. The minimum atomic E-state index is -1.89. The van der Waals surface area contributed by atoms with Crippen molar-refractivity contribution in [1.29, 1.82) is 0 Å². The molecule has 0 spiro atoms. The van der Waals surface area contributed by atoms with Gasteiger partial charge in [0.2, 0.25) is 0 Å².